The maximum absolute atomic E-state index is 11.4. The first kappa shape index (κ1) is 15.9. The van der Waals surface area contributed by atoms with Crippen LogP contribution in [0.2, 0.25) is 5.02 Å². The monoisotopic (exact) mass is 326 g/mol. The molecule has 0 fully saturated rings. The van der Waals surface area contributed by atoms with E-state index >= 15 is 0 Å². The van der Waals surface area contributed by atoms with E-state index in [4.69, 9.17) is 27.9 Å². The summed E-state index contributed by atoms with van der Waals surface area (Å²) in [7, 11) is 0. The Balaban J connectivity index is 2.36. The summed E-state index contributed by atoms with van der Waals surface area (Å²) in [5.41, 5.74) is 2.76. The van der Waals surface area contributed by atoms with Gasteiger partial charge in [-0.2, -0.15) is 5.10 Å². The van der Waals surface area contributed by atoms with Crippen molar-refractivity contribution >= 4 is 29.2 Å². The molecule has 0 saturated heterocycles. The Labute approximate surface area is 133 Å². The van der Waals surface area contributed by atoms with Gasteiger partial charge in [0.2, 0.25) is 5.88 Å². The Morgan fingerprint density at radius 1 is 1.38 bits per heavy atom. The maximum atomic E-state index is 11.4. The zero-order chi connectivity index (χ0) is 15.6. The number of hydrogen-bond donors (Lipinski definition) is 0. The van der Waals surface area contributed by atoms with Crippen LogP contribution in [0.4, 0.5) is 0 Å². The molecule has 1 aromatic carbocycles. The summed E-state index contributed by atoms with van der Waals surface area (Å²) in [6, 6.07) is 7.42. The van der Waals surface area contributed by atoms with Crippen LogP contribution in [-0.4, -0.2) is 21.6 Å². The number of carbonyl (C=O) groups is 1. The highest BCUT2D eigenvalue weighted by atomic mass is 35.5. The second-order valence-electron chi connectivity index (χ2n) is 4.86. The lowest BCUT2D eigenvalue weighted by Gasteiger charge is -2.16. The molecule has 1 unspecified atom stereocenters. The van der Waals surface area contributed by atoms with Crippen LogP contribution in [0, 0.1) is 13.8 Å². The van der Waals surface area contributed by atoms with Gasteiger partial charge in [-0.15, -0.1) is 11.6 Å². The van der Waals surface area contributed by atoms with Gasteiger partial charge in [0.1, 0.15) is 5.88 Å². The standard InChI is InChI=1S/C15H16Cl2N2O2/c1-9-4-5-12(7-13(9)17)11(3)19-14(6-10(2)18-19)21-15(20)8-16/h4-7,11H,8H2,1-3H3. The van der Waals surface area contributed by atoms with Gasteiger partial charge in [-0.05, 0) is 38.0 Å². The average Bonchev–Trinajstić information content (AvgIpc) is 2.81. The smallest absolute Gasteiger partial charge is 0.327 e. The number of carbonyl (C=O) groups excluding carboxylic acids is 1. The molecule has 0 bridgehead atoms. The van der Waals surface area contributed by atoms with E-state index < -0.39 is 5.97 Å². The van der Waals surface area contributed by atoms with E-state index in [1.807, 2.05) is 39.0 Å². The molecule has 21 heavy (non-hydrogen) atoms. The Kier molecular flexibility index (Phi) is 4.91. The lowest BCUT2D eigenvalue weighted by molar-refractivity contribution is -0.132. The van der Waals surface area contributed by atoms with Gasteiger partial charge in [0.25, 0.3) is 0 Å². The van der Waals surface area contributed by atoms with Crippen molar-refractivity contribution in [3.05, 3.63) is 46.1 Å². The third kappa shape index (κ3) is 3.57. The van der Waals surface area contributed by atoms with Crippen molar-refractivity contribution in [2.45, 2.75) is 26.8 Å². The molecule has 1 heterocycles. The lowest BCUT2D eigenvalue weighted by atomic mass is 10.1. The fourth-order valence-electron chi connectivity index (χ4n) is 2.00. The highest BCUT2D eigenvalue weighted by Gasteiger charge is 2.17. The van der Waals surface area contributed by atoms with Crippen molar-refractivity contribution < 1.29 is 9.53 Å². The molecule has 0 aliphatic carbocycles. The third-order valence-electron chi connectivity index (χ3n) is 3.20. The van der Waals surface area contributed by atoms with Crippen LogP contribution in [0.1, 0.15) is 29.8 Å². The summed E-state index contributed by atoms with van der Waals surface area (Å²) in [4.78, 5) is 11.4. The molecular weight excluding hydrogens is 311 g/mol. The van der Waals surface area contributed by atoms with Gasteiger partial charge in [-0.3, -0.25) is 4.79 Å². The quantitative estimate of drug-likeness (QED) is 0.632. The number of aromatic nitrogens is 2. The number of esters is 1. The lowest BCUT2D eigenvalue weighted by Crippen LogP contribution is -2.16. The van der Waals surface area contributed by atoms with Crippen molar-refractivity contribution in [3.63, 3.8) is 0 Å². The number of aryl methyl sites for hydroxylation is 2. The summed E-state index contributed by atoms with van der Waals surface area (Å²) in [6.45, 7) is 5.75. The number of hydrogen-bond acceptors (Lipinski definition) is 3. The average molecular weight is 327 g/mol. The Morgan fingerprint density at radius 3 is 2.71 bits per heavy atom. The highest BCUT2D eigenvalue weighted by Crippen LogP contribution is 2.27. The number of rotatable bonds is 4. The minimum absolute atomic E-state index is 0.116. The van der Waals surface area contributed by atoms with Crippen LogP contribution in [-0.2, 0) is 4.79 Å². The van der Waals surface area contributed by atoms with Crippen molar-refractivity contribution in [1.82, 2.24) is 9.78 Å². The molecule has 0 aliphatic rings. The second-order valence-corrected chi connectivity index (χ2v) is 5.54. The van der Waals surface area contributed by atoms with Crippen molar-refractivity contribution in [3.8, 4) is 5.88 Å². The van der Waals surface area contributed by atoms with Crippen molar-refractivity contribution in [1.29, 1.82) is 0 Å². The van der Waals surface area contributed by atoms with Crippen molar-refractivity contribution in [2.75, 3.05) is 5.88 Å². The van der Waals surface area contributed by atoms with E-state index in [9.17, 15) is 4.79 Å². The summed E-state index contributed by atoms with van der Waals surface area (Å²) < 4.78 is 6.86. The van der Waals surface area contributed by atoms with E-state index in [2.05, 4.69) is 5.10 Å². The summed E-state index contributed by atoms with van der Waals surface area (Å²) >= 11 is 11.6. The minimum Gasteiger partial charge on any atom is -0.407 e. The van der Waals surface area contributed by atoms with Crippen molar-refractivity contribution in [2.24, 2.45) is 0 Å². The van der Waals surface area contributed by atoms with Crippen LogP contribution < -0.4 is 4.74 Å². The van der Waals surface area contributed by atoms with E-state index in [1.54, 1.807) is 10.7 Å². The number of halogens is 2. The third-order valence-corrected chi connectivity index (χ3v) is 3.82. The zero-order valence-electron chi connectivity index (χ0n) is 12.1. The molecule has 1 aromatic heterocycles. The largest absolute Gasteiger partial charge is 0.407 e. The molecular formula is C15H16Cl2N2O2. The van der Waals surface area contributed by atoms with E-state index in [0.717, 1.165) is 16.8 Å². The van der Waals surface area contributed by atoms with Gasteiger partial charge in [-0.1, -0.05) is 23.7 Å². The van der Waals surface area contributed by atoms with Gasteiger partial charge < -0.3 is 4.74 Å². The fraction of sp³-hybridized carbons (Fsp3) is 0.333. The first-order valence-electron chi connectivity index (χ1n) is 6.51. The maximum Gasteiger partial charge on any atom is 0.327 e. The molecule has 6 heteroatoms. The van der Waals surface area contributed by atoms with Gasteiger partial charge >= 0.3 is 5.97 Å². The van der Waals surface area contributed by atoms with E-state index in [0.29, 0.717) is 10.9 Å². The normalized spacial score (nSPS) is 12.2. The molecule has 2 aromatic rings. The van der Waals surface area contributed by atoms with Gasteiger partial charge in [-0.25, -0.2) is 4.68 Å². The number of alkyl halides is 1. The van der Waals surface area contributed by atoms with Crippen LogP contribution >= 0.6 is 23.2 Å². The first-order chi connectivity index (χ1) is 9.92. The Morgan fingerprint density at radius 2 is 2.10 bits per heavy atom. The highest BCUT2D eigenvalue weighted by molar-refractivity contribution is 6.31. The van der Waals surface area contributed by atoms with Crippen LogP contribution in [0.15, 0.2) is 24.3 Å². The van der Waals surface area contributed by atoms with E-state index in [1.165, 1.54) is 0 Å². The molecule has 0 aliphatic heterocycles. The number of benzene rings is 1. The minimum atomic E-state index is -0.507. The van der Waals surface area contributed by atoms with Gasteiger partial charge in [0, 0.05) is 11.1 Å². The molecule has 0 amide bonds. The predicted molar refractivity (Wildman–Crippen MR) is 83.3 cm³/mol. The summed E-state index contributed by atoms with van der Waals surface area (Å²) in [6.07, 6.45) is 0. The predicted octanol–water partition coefficient (Wildman–Crippen LogP) is 3.91. The van der Waals surface area contributed by atoms with Crippen LogP contribution in [0.3, 0.4) is 0 Å². The van der Waals surface area contributed by atoms with Crippen LogP contribution in [0.5, 0.6) is 5.88 Å². The topological polar surface area (TPSA) is 44.1 Å². The SMILES string of the molecule is Cc1cc(OC(=O)CCl)n(C(C)c2ccc(C)c(Cl)c2)n1. The molecule has 4 nitrogen and oxygen atoms in total. The molecule has 1 atom stereocenters. The summed E-state index contributed by atoms with van der Waals surface area (Å²) in [5.74, 6) is -0.330. The molecule has 0 radical (unpaired) electrons. The summed E-state index contributed by atoms with van der Waals surface area (Å²) in [5, 5.41) is 5.08. The molecule has 2 rings (SSSR count). The molecule has 0 N–H and O–H groups in total. The first-order valence-corrected chi connectivity index (χ1v) is 7.42. The van der Waals surface area contributed by atoms with Crippen LogP contribution in [0.25, 0.3) is 0 Å². The van der Waals surface area contributed by atoms with Gasteiger partial charge in [0.15, 0.2) is 0 Å². The fourth-order valence-corrected chi connectivity index (χ4v) is 2.24. The Bertz CT molecular complexity index is 668. The number of ether oxygens (including phenoxy) is 1. The molecule has 0 spiro atoms. The molecule has 112 valence electrons. The number of nitrogens with zero attached hydrogens (tertiary/aromatic N) is 2. The zero-order valence-corrected chi connectivity index (χ0v) is 13.6. The Hall–Kier alpha value is -1.52. The second kappa shape index (κ2) is 6.50. The van der Waals surface area contributed by atoms with E-state index in [-0.39, 0.29) is 11.9 Å². The molecule has 0 saturated carbocycles. The van der Waals surface area contributed by atoms with Gasteiger partial charge in [0.05, 0.1) is 11.7 Å².